The summed E-state index contributed by atoms with van der Waals surface area (Å²) in [5.41, 5.74) is 1.18. The van der Waals surface area contributed by atoms with Crippen molar-refractivity contribution in [3.8, 4) is 0 Å². The van der Waals surface area contributed by atoms with E-state index in [1.54, 1.807) is 11.3 Å². The zero-order chi connectivity index (χ0) is 12.1. The van der Waals surface area contributed by atoms with Crippen molar-refractivity contribution < 1.29 is 5.11 Å². The lowest BCUT2D eigenvalue weighted by Crippen LogP contribution is -2.27. The lowest BCUT2D eigenvalue weighted by Gasteiger charge is -2.19. The van der Waals surface area contributed by atoms with Gasteiger partial charge in [0, 0.05) is 24.4 Å². The molecule has 0 atom stereocenters. The Hall–Kier alpha value is -0.450. The number of thiazole rings is 1. The normalized spacial score (nSPS) is 15.7. The van der Waals surface area contributed by atoms with E-state index in [1.807, 2.05) is 0 Å². The number of aliphatic hydroxyl groups excluding tert-OH is 1. The molecule has 0 spiro atoms. The van der Waals surface area contributed by atoms with E-state index in [1.165, 1.54) is 36.4 Å². The van der Waals surface area contributed by atoms with E-state index in [9.17, 15) is 0 Å². The summed E-state index contributed by atoms with van der Waals surface area (Å²) in [6.07, 6.45) is 5.04. The highest BCUT2D eigenvalue weighted by atomic mass is 32.1. The van der Waals surface area contributed by atoms with Crippen LogP contribution in [0.15, 0.2) is 5.38 Å². The summed E-state index contributed by atoms with van der Waals surface area (Å²) in [5, 5.41) is 12.6. The average Bonchev–Trinajstić information content (AvgIpc) is 3.08. The van der Waals surface area contributed by atoms with Crippen LogP contribution >= 0.6 is 11.3 Å². The fourth-order valence-corrected chi connectivity index (χ4v) is 2.92. The Morgan fingerprint density at radius 2 is 2.29 bits per heavy atom. The summed E-state index contributed by atoms with van der Waals surface area (Å²) >= 11 is 1.80. The van der Waals surface area contributed by atoms with Gasteiger partial charge in [0.05, 0.1) is 17.3 Å². The van der Waals surface area contributed by atoms with Gasteiger partial charge < -0.3 is 5.11 Å². The van der Waals surface area contributed by atoms with Gasteiger partial charge in [-0.05, 0) is 25.8 Å². The first kappa shape index (κ1) is 13.0. The monoisotopic (exact) mass is 254 g/mol. The van der Waals surface area contributed by atoms with Crippen molar-refractivity contribution in [2.75, 3.05) is 19.7 Å². The van der Waals surface area contributed by atoms with Crippen LogP contribution in [0.4, 0.5) is 0 Å². The number of rotatable bonds is 8. The zero-order valence-electron chi connectivity index (χ0n) is 10.6. The molecule has 0 saturated heterocycles. The van der Waals surface area contributed by atoms with E-state index in [0.29, 0.717) is 0 Å². The summed E-state index contributed by atoms with van der Waals surface area (Å²) < 4.78 is 0. The first-order chi connectivity index (χ1) is 8.33. The van der Waals surface area contributed by atoms with Gasteiger partial charge in [0.1, 0.15) is 0 Å². The van der Waals surface area contributed by atoms with Gasteiger partial charge in [0.15, 0.2) is 0 Å². The highest BCUT2D eigenvalue weighted by Crippen LogP contribution is 2.41. The number of aromatic nitrogens is 1. The van der Waals surface area contributed by atoms with E-state index in [0.717, 1.165) is 25.6 Å². The molecule has 1 aromatic heterocycles. The molecule has 1 saturated carbocycles. The van der Waals surface area contributed by atoms with Crippen molar-refractivity contribution in [1.29, 1.82) is 0 Å². The van der Waals surface area contributed by atoms with Crippen molar-refractivity contribution in [3.63, 3.8) is 0 Å². The van der Waals surface area contributed by atoms with Gasteiger partial charge in [0.2, 0.25) is 0 Å². The Bertz CT molecular complexity index is 336. The number of unbranched alkanes of at least 4 members (excludes halogenated alkanes) is 1. The maximum atomic E-state index is 9.06. The molecule has 1 aromatic rings. The third-order valence-electron chi connectivity index (χ3n) is 3.13. The SMILES string of the molecule is CCCCN(CCO)Cc1csc(C2CC2)n1. The van der Waals surface area contributed by atoms with E-state index >= 15 is 0 Å². The van der Waals surface area contributed by atoms with Gasteiger partial charge >= 0.3 is 0 Å². The summed E-state index contributed by atoms with van der Waals surface area (Å²) in [6.45, 7) is 5.15. The Balaban J connectivity index is 1.85. The molecule has 17 heavy (non-hydrogen) atoms. The molecule has 1 fully saturated rings. The fourth-order valence-electron chi connectivity index (χ4n) is 1.94. The second-order valence-corrected chi connectivity index (χ2v) is 5.69. The number of hydrogen-bond acceptors (Lipinski definition) is 4. The molecule has 3 nitrogen and oxygen atoms in total. The topological polar surface area (TPSA) is 36.4 Å². The van der Waals surface area contributed by atoms with Gasteiger partial charge in [0.25, 0.3) is 0 Å². The predicted octanol–water partition coefficient (Wildman–Crippen LogP) is 2.61. The average molecular weight is 254 g/mol. The minimum absolute atomic E-state index is 0.239. The minimum atomic E-state index is 0.239. The van der Waals surface area contributed by atoms with Crippen LogP contribution in [0, 0.1) is 0 Å². The molecule has 2 rings (SSSR count). The van der Waals surface area contributed by atoms with Crippen LogP contribution in [-0.2, 0) is 6.54 Å². The summed E-state index contributed by atoms with van der Waals surface area (Å²) in [5.74, 6) is 0.760. The summed E-state index contributed by atoms with van der Waals surface area (Å²) in [6, 6.07) is 0. The number of hydrogen-bond donors (Lipinski definition) is 1. The van der Waals surface area contributed by atoms with Gasteiger partial charge in [-0.25, -0.2) is 4.98 Å². The molecule has 0 radical (unpaired) electrons. The maximum absolute atomic E-state index is 9.06. The molecule has 1 aliphatic rings. The number of nitrogens with zero attached hydrogens (tertiary/aromatic N) is 2. The van der Waals surface area contributed by atoms with Gasteiger partial charge in [-0.2, -0.15) is 0 Å². The third kappa shape index (κ3) is 4.05. The highest BCUT2D eigenvalue weighted by Gasteiger charge is 2.26. The minimum Gasteiger partial charge on any atom is -0.395 e. The lowest BCUT2D eigenvalue weighted by molar-refractivity contribution is 0.187. The smallest absolute Gasteiger partial charge is 0.0959 e. The zero-order valence-corrected chi connectivity index (χ0v) is 11.4. The summed E-state index contributed by atoms with van der Waals surface area (Å²) in [7, 11) is 0. The first-order valence-corrected chi connectivity index (χ1v) is 7.49. The van der Waals surface area contributed by atoms with Crippen LogP contribution in [0.2, 0.25) is 0 Å². The molecular weight excluding hydrogens is 232 g/mol. The Morgan fingerprint density at radius 3 is 2.94 bits per heavy atom. The molecule has 4 heteroatoms. The van der Waals surface area contributed by atoms with Crippen LogP contribution in [0.25, 0.3) is 0 Å². The predicted molar refractivity (Wildman–Crippen MR) is 71.4 cm³/mol. The molecule has 96 valence electrons. The molecule has 1 heterocycles. The largest absolute Gasteiger partial charge is 0.395 e. The maximum Gasteiger partial charge on any atom is 0.0959 e. The van der Waals surface area contributed by atoms with Gasteiger partial charge in [-0.3, -0.25) is 4.90 Å². The van der Waals surface area contributed by atoms with E-state index in [4.69, 9.17) is 10.1 Å². The van der Waals surface area contributed by atoms with Crippen LogP contribution in [-0.4, -0.2) is 34.7 Å². The molecule has 1 aliphatic carbocycles. The van der Waals surface area contributed by atoms with Crippen molar-refractivity contribution >= 4 is 11.3 Å². The van der Waals surface area contributed by atoms with E-state index in [2.05, 4.69) is 17.2 Å². The molecule has 0 bridgehead atoms. The van der Waals surface area contributed by atoms with Crippen LogP contribution in [0.1, 0.15) is 49.2 Å². The lowest BCUT2D eigenvalue weighted by atomic mass is 10.3. The van der Waals surface area contributed by atoms with Crippen molar-refractivity contribution in [2.45, 2.75) is 45.1 Å². The molecule has 0 amide bonds. The standard InChI is InChI=1S/C13H22N2OS/c1-2-3-6-15(7-8-16)9-12-10-17-13(14-12)11-4-5-11/h10-11,16H,2-9H2,1H3. The number of aliphatic hydroxyl groups is 1. The fraction of sp³-hybridized carbons (Fsp3) is 0.769. The molecule has 1 N–H and O–H groups in total. The van der Waals surface area contributed by atoms with Gasteiger partial charge in [-0.15, -0.1) is 11.3 Å². The van der Waals surface area contributed by atoms with Crippen molar-refractivity contribution in [1.82, 2.24) is 9.88 Å². The molecule has 0 aliphatic heterocycles. The second-order valence-electron chi connectivity index (χ2n) is 4.80. The van der Waals surface area contributed by atoms with Crippen LogP contribution < -0.4 is 0 Å². The van der Waals surface area contributed by atoms with Crippen LogP contribution in [0.5, 0.6) is 0 Å². The Kier molecular flexibility index (Phi) is 4.95. The summed E-state index contributed by atoms with van der Waals surface area (Å²) in [4.78, 5) is 7.00. The van der Waals surface area contributed by atoms with E-state index < -0.39 is 0 Å². The quantitative estimate of drug-likeness (QED) is 0.774. The Labute approximate surface area is 107 Å². The first-order valence-electron chi connectivity index (χ1n) is 6.61. The molecule has 0 aromatic carbocycles. The van der Waals surface area contributed by atoms with Crippen molar-refractivity contribution in [3.05, 3.63) is 16.1 Å². The van der Waals surface area contributed by atoms with E-state index in [-0.39, 0.29) is 6.61 Å². The second kappa shape index (κ2) is 6.47. The highest BCUT2D eigenvalue weighted by molar-refractivity contribution is 7.09. The van der Waals surface area contributed by atoms with Crippen LogP contribution in [0.3, 0.4) is 0 Å². The van der Waals surface area contributed by atoms with Crippen molar-refractivity contribution in [2.24, 2.45) is 0 Å². The van der Waals surface area contributed by atoms with Gasteiger partial charge in [-0.1, -0.05) is 13.3 Å². The Morgan fingerprint density at radius 1 is 1.47 bits per heavy atom. The molecular formula is C13H22N2OS. The third-order valence-corrected chi connectivity index (χ3v) is 4.18. The molecule has 0 unspecified atom stereocenters.